The summed E-state index contributed by atoms with van der Waals surface area (Å²) in [5, 5.41) is 3.17. The first-order valence-corrected chi connectivity index (χ1v) is 5.46. The Morgan fingerprint density at radius 2 is 2.46 bits per heavy atom. The molecule has 1 atom stereocenters. The molecule has 1 unspecified atom stereocenters. The van der Waals surface area contributed by atoms with Gasteiger partial charge < -0.3 is 9.47 Å². The molecule has 0 spiro atoms. The van der Waals surface area contributed by atoms with Gasteiger partial charge in [0.2, 0.25) is 0 Å². The van der Waals surface area contributed by atoms with Crippen LogP contribution >= 0.6 is 11.3 Å². The second-order valence-electron chi connectivity index (χ2n) is 3.62. The summed E-state index contributed by atoms with van der Waals surface area (Å²) in [7, 11) is 0. The summed E-state index contributed by atoms with van der Waals surface area (Å²) < 4.78 is 10.6. The van der Waals surface area contributed by atoms with Gasteiger partial charge in [-0.1, -0.05) is 13.8 Å². The highest BCUT2D eigenvalue weighted by Gasteiger charge is 2.23. The fourth-order valence-electron chi connectivity index (χ4n) is 1.05. The second-order valence-corrected chi connectivity index (χ2v) is 4.49. The van der Waals surface area contributed by atoms with Crippen molar-refractivity contribution in [3.63, 3.8) is 0 Å². The topological polar surface area (TPSA) is 21.8 Å². The third-order valence-electron chi connectivity index (χ3n) is 2.08. The molecule has 0 radical (unpaired) electrons. The average molecular weight is 198 g/mol. The van der Waals surface area contributed by atoms with Gasteiger partial charge in [0, 0.05) is 0 Å². The lowest BCUT2D eigenvalue weighted by molar-refractivity contribution is 0.269. The number of thiophene rings is 1. The number of rotatable bonds is 4. The molecule has 0 aromatic carbocycles. The van der Waals surface area contributed by atoms with Crippen LogP contribution in [0.15, 0.2) is 11.4 Å². The standard InChI is InChI=1S/C10H14O2S/c1-7(2)8-3-10(13-6-8)12-5-9-4-11-9/h3,6-7,9H,4-5H2,1-2H3. The Morgan fingerprint density at radius 3 is 3.00 bits per heavy atom. The van der Waals surface area contributed by atoms with Crippen LogP contribution < -0.4 is 4.74 Å². The van der Waals surface area contributed by atoms with Crippen LogP contribution in [0.3, 0.4) is 0 Å². The van der Waals surface area contributed by atoms with E-state index in [1.165, 1.54) is 5.56 Å². The summed E-state index contributed by atoms with van der Waals surface area (Å²) in [5.74, 6) is 0.589. The molecule has 72 valence electrons. The van der Waals surface area contributed by atoms with Crippen LogP contribution in [0.2, 0.25) is 0 Å². The van der Waals surface area contributed by atoms with E-state index in [1.54, 1.807) is 11.3 Å². The van der Waals surface area contributed by atoms with E-state index >= 15 is 0 Å². The molecule has 1 aliphatic heterocycles. The van der Waals surface area contributed by atoms with Crippen LogP contribution in [0, 0.1) is 0 Å². The van der Waals surface area contributed by atoms with Crippen molar-refractivity contribution in [2.75, 3.05) is 13.2 Å². The summed E-state index contributed by atoms with van der Waals surface area (Å²) in [5.41, 5.74) is 1.36. The second kappa shape index (κ2) is 3.68. The number of ether oxygens (including phenoxy) is 2. The maximum absolute atomic E-state index is 5.55. The Kier molecular flexibility index (Phi) is 2.56. The van der Waals surface area contributed by atoms with Crippen molar-refractivity contribution in [1.29, 1.82) is 0 Å². The summed E-state index contributed by atoms with van der Waals surface area (Å²) in [4.78, 5) is 0. The fourth-order valence-corrected chi connectivity index (χ4v) is 1.98. The van der Waals surface area contributed by atoms with Crippen molar-refractivity contribution in [3.8, 4) is 5.06 Å². The first-order chi connectivity index (χ1) is 6.25. The van der Waals surface area contributed by atoms with E-state index in [4.69, 9.17) is 9.47 Å². The smallest absolute Gasteiger partial charge is 0.174 e. The predicted molar refractivity (Wildman–Crippen MR) is 53.6 cm³/mol. The Bertz CT molecular complexity index is 276. The molecule has 2 rings (SSSR count). The van der Waals surface area contributed by atoms with Crippen LogP contribution in [0.25, 0.3) is 0 Å². The van der Waals surface area contributed by atoms with Gasteiger partial charge in [-0.2, -0.15) is 0 Å². The minimum atomic E-state index is 0.351. The van der Waals surface area contributed by atoms with E-state index in [-0.39, 0.29) is 0 Å². The molecule has 2 heterocycles. The van der Waals surface area contributed by atoms with Crippen LogP contribution in [-0.2, 0) is 4.74 Å². The highest BCUT2D eigenvalue weighted by atomic mass is 32.1. The van der Waals surface area contributed by atoms with Gasteiger partial charge >= 0.3 is 0 Å². The highest BCUT2D eigenvalue weighted by molar-refractivity contribution is 7.12. The van der Waals surface area contributed by atoms with Crippen molar-refractivity contribution in [2.24, 2.45) is 0 Å². The lowest BCUT2D eigenvalue weighted by atomic mass is 10.1. The normalized spacial score (nSPS) is 20.7. The van der Waals surface area contributed by atoms with Gasteiger partial charge in [-0.25, -0.2) is 0 Å². The fraction of sp³-hybridized carbons (Fsp3) is 0.600. The highest BCUT2D eigenvalue weighted by Crippen LogP contribution is 2.28. The zero-order valence-corrected chi connectivity index (χ0v) is 8.76. The first-order valence-electron chi connectivity index (χ1n) is 4.58. The van der Waals surface area contributed by atoms with E-state index in [0.717, 1.165) is 11.7 Å². The lowest BCUT2D eigenvalue weighted by Gasteiger charge is -2.00. The van der Waals surface area contributed by atoms with Crippen LogP contribution in [-0.4, -0.2) is 19.3 Å². The van der Waals surface area contributed by atoms with Gasteiger partial charge in [-0.05, 0) is 22.9 Å². The van der Waals surface area contributed by atoms with Gasteiger partial charge in [-0.15, -0.1) is 11.3 Å². The molecule has 1 aliphatic rings. The third kappa shape index (κ3) is 2.45. The van der Waals surface area contributed by atoms with Crippen molar-refractivity contribution in [1.82, 2.24) is 0 Å². The molecule has 0 amide bonds. The molecule has 0 aliphatic carbocycles. The van der Waals surface area contributed by atoms with Gasteiger partial charge in [0.05, 0.1) is 6.61 Å². The van der Waals surface area contributed by atoms with E-state index in [2.05, 4.69) is 25.3 Å². The zero-order valence-electron chi connectivity index (χ0n) is 7.95. The Hall–Kier alpha value is -0.540. The van der Waals surface area contributed by atoms with Crippen molar-refractivity contribution in [3.05, 3.63) is 17.0 Å². The Morgan fingerprint density at radius 1 is 1.69 bits per heavy atom. The minimum absolute atomic E-state index is 0.351. The van der Waals surface area contributed by atoms with E-state index < -0.39 is 0 Å². The zero-order chi connectivity index (χ0) is 9.26. The van der Waals surface area contributed by atoms with E-state index in [0.29, 0.717) is 18.6 Å². The van der Waals surface area contributed by atoms with Crippen LogP contribution in [0.1, 0.15) is 25.3 Å². The maximum Gasteiger partial charge on any atom is 0.174 e. The predicted octanol–water partition coefficient (Wildman–Crippen LogP) is 2.65. The largest absolute Gasteiger partial charge is 0.481 e. The Labute approximate surface area is 82.5 Å². The lowest BCUT2D eigenvalue weighted by Crippen LogP contribution is -2.02. The third-order valence-corrected chi connectivity index (χ3v) is 2.93. The van der Waals surface area contributed by atoms with Crippen LogP contribution in [0.5, 0.6) is 5.06 Å². The van der Waals surface area contributed by atoms with Gasteiger partial charge in [0.25, 0.3) is 0 Å². The molecule has 2 nitrogen and oxygen atoms in total. The molecule has 1 aromatic heterocycles. The first kappa shape index (κ1) is 9.03. The molecule has 13 heavy (non-hydrogen) atoms. The van der Waals surface area contributed by atoms with Gasteiger partial charge in [-0.3, -0.25) is 0 Å². The van der Waals surface area contributed by atoms with Crippen LogP contribution in [0.4, 0.5) is 0 Å². The molecule has 3 heteroatoms. The molecule has 1 aromatic rings. The summed E-state index contributed by atoms with van der Waals surface area (Å²) in [6, 6.07) is 2.12. The molecular formula is C10H14O2S. The average Bonchev–Trinajstić information content (AvgIpc) is 2.79. The maximum atomic E-state index is 5.55. The Balaban J connectivity index is 1.88. The molecule has 0 saturated carbocycles. The van der Waals surface area contributed by atoms with Crippen molar-refractivity contribution in [2.45, 2.75) is 25.9 Å². The SMILES string of the molecule is CC(C)c1csc(OCC2CO2)c1. The minimum Gasteiger partial charge on any atom is -0.481 e. The van der Waals surface area contributed by atoms with Crippen molar-refractivity contribution < 1.29 is 9.47 Å². The van der Waals surface area contributed by atoms with Gasteiger partial charge in [0.1, 0.15) is 12.7 Å². The van der Waals surface area contributed by atoms with E-state index in [1.807, 2.05) is 0 Å². The van der Waals surface area contributed by atoms with Gasteiger partial charge in [0.15, 0.2) is 5.06 Å². The molecule has 1 fully saturated rings. The van der Waals surface area contributed by atoms with E-state index in [9.17, 15) is 0 Å². The summed E-state index contributed by atoms with van der Waals surface area (Å²) >= 11 is 1.67. The number of hydrogen-bond acceptors (Lipinski definition) is 3. The monoisotopic (exact) mass is 198 g/mol. The van der Waals surface area contributed by atoms with Crippen molar-refractivity contribution >= 4 is 11.3 Å². The number of epoxide rings is 1. The molecular weight excluding hydrogens is 184 g/mol. The quantitative estimate of drug-likeness (QED) is 0.694. The molecule has 1 saturated heterocycles. The molecule has 0 N–H and O–H groups in total. The number of hydrogen-bond donors (Lipinski definition) is 0. The summed E-state index contributed by atoms with van der Waals surface area (Å²) in [6.07, 6.45) is 0.351. The summed E-state index contributed by atoms with van der Waals surface area (Å²) in [6.45, 7) is 5.95. The molecule has 0 bridgehead atoms.